The zero-order valence-electron chi connectivity index (χ0n) is 20.2. The van der Waals surface area contributed by atoms with Gasteiger partial charge in [-0.3, -0.25) is 4.79 Å². The molecule has 0 radical (unpaired) electrons. The highest BCUT2D eigenvalue weighted by Crippen LogP contribution is 2.65. The van der Waals surface area contributed by atoms with Crippen molar-refractivity contribution in [1.29, 1.82) is 0 Å². The number of fused-ring (bicyclic) bond motifs is 5. The fraction of sp³-hybridized carbons (Fsp3) is 0.731. The SMILES string of the molecule is CCOC(=O)N/N=C(\C)C1=CC[C@@H]2[C@@H]3CC=C4C[C@@H](OC(C)=O)CC[C@]4(C)[C@@H]3CC[C@]12C. The smallest absolute Gasteiger partial charge is 0.427 e. The van der Waals surface area contributed by atoms with E-state index in [4.69, 9.17) is 9.47 Å². The number of amides is 1. The standard InChI is InChI=1S/C26H38N2O4/c1-6-31-24(30)28-27-16(2)21-9-10-22-20-8-7-18-15-19(32-17(3)29)11-13-25(18,4)23(20)12-14-26(21,22)5/h7,9,19-20,22-23H,6,8,10-15H2,1-5H3,(H,28,30)/b27-16+/t19-,20-,22+,23+,25-,26+/m0/s1. The predicted octanol–water partition coefficient (Wildman–Crippen LogP) is 5.54. The summed E-state index contributed by atoms with van der Waals surface area (Å²) in [6.45, 7) is 10.5. The molecule has 4 rings (SSSR count). The van der Waals surface area contributed by atoms with Gasteiger partial charge in [-0.2, -0.15) is 5.10 Å². The molecule has 0 aliphatic heterocycles. The van der Waals surface area contributed by atoms with Gasteiger partial charge in [0.1, 0.15) is 6.10 Å². The molecule has 6 nitrogen and oxygen atoms in total. The summed E-state index contributed by atoms with van der Waals surface area (Å²) in [5.41, 5.74) is 6.54. The van der Waals surface area contributed by atoms with Crippen LogP contribution in [0.2, 0.25) is 0 Å². The molecule has 4 aliphatic carbocycles. The Labute approximate surface area is 191 Å². The number of nitrogens with one attached hydrogen (secondary N) is 1. The number of allylic oxidation sites excluding steroid dienone is 3. The van der Waals surface area contributed by atoms with Crippen molar-refractivity contribution in [3.8, 4) is 0 Å². The van der Waals surface area contributed by atoms with Gasteiger partial charge < -0.3 is 9.47 Å². The van der Waals surface area contributed by atoms with Crippen LogP contribution in [0.3, 0.4) is 0 Å². The van der Waals surface area contributed by atoms with Crippen LogP contribution in [0.5, 0.6) is 0 Å². The zero-order valence-corrected chi connectivity index (χ0v) is 20.2. The van der Waals surface area contributed by atoms with Crippen molar-refractivity contribution in [3.63, 3.8) is 0 Å². The lowest BCUT2D eigenvalue weighted by molar-refractivity contribution is -0.148. The van der Waals surface area contributed by atoms with E-state index in [0.717, 1.165) is 44.2 Å². The molecule has 0 spiro atoms. The predicted molar refractivity (Wildman–Crippen MR) is 124 cm³/mol. The van der Waals surface area contributed by atoms with E-state index in [1.54, 1.807) is 6.92 Å². The maximum Gasteiger partial charge on any atom is 0.427 e. The molecule has 0 unspecified atom stereocenters. The minimum atomic E-state index is -0.502. The van der Waals surface area contributed by atoms with E-state index in [9.17, 15) is 9.59 Å². The zero-order chi connectivity index (χ0) is 23.1. The number of hydrazone groups is 1. The van der Waals surface area contributed by atoms with Gasteiger partial charge in [-0.05, 0) is 86.5 Å². The van der Waals surface area contributed by atoms with E-state index in [2.05, 4.69) is 36.5 Å². The Morgan fingerprint density at radius 3 is 2.56 bits per heavy atom. The molecule has 0 aromatic heterocycles. The maximum absolute atomic E-state index is 11.7. The van der Waals surface area contributed by atoms with E-state index in [-0.39, 0.29) is 22.9 Å². The molecule has 2 saturated carbocycles. The van der Waals surface area contributed by atoms with Gasteiger partial charge in [-0.1, -0.05) is 31.6 Å². The first kappa shape index (κ1) is 23.1. The first-order valence-corrected chi connectivity index (χ1v) is 12.2. The van der Waals surface area contributed by atoms with Crippen LogP contribution in [-0.4, -0.2) is 30.5 Å². The highest BCUT2D eigenvalue weighted by Gasteiger charge is 2.57. The van der Waals surface area contributed by atoms with E-state index >= 15 is 0 Å². The minimum absolute atomic E-state index is 0.0442. The molecule has 176 valence electrons. The summed E-state index contributed by atoms with van der Waals surface area (Å²) in [4.78, 5) is 23.1. The second-order valence-corrected chi connectivity index (χ2v) is 10.6. The van der Waals surface area contributed by atoms with Crippen molar-refractivity contribution in [1.82, 2.24) is 5.43 Å². The Balaban J connectivity index is 1.51. The summed E-state index contributed by atoms with van der Waals surface area (Å²) in [6, 6.07) is 0. The number of carbonyl (C=O) groups is 2. The van der Waals surface area contributed by atoms with Crippen molar-refractivity contribution in [2.24, 2.45) is 33.7 Å². The average molecular weight is 443 g/mol. The quantitative estimate of drug-likeness (QED) is 0.268. The first-order valence-electron chi connectivity index (χ1n) is 12.2. The summed E-state index contributed by atoms with van der Waals surface area (Å²) < 4.78 is 10.5. The Kier molecular flexibility index (Phi) is 6.25. The van der Waals surface area contributed by atoms with Gasteiger partial charge in [-0.25, -0.2) is 10.2 Å². The lowest BCUT2D eigenvalue weighted by atomic mass is 9.47. The van der Waals surface area contributed by atoms with Gasteiger partial charge in [-0.15, -0.1) is 0 Å². The largest absolute Gasteiger partial charge is 0.462 e. The van der Waals surface area contributed by atoms with Gasteiger partial charge in [0.25, 0.3) is 0 Å². The van der Waals surface area contributed by atoms with Crippen LogP contribution < -0.4 is 5.43 Å². The Bertz CT molecular complexity index is 875. The number of hydrogen-bond donors (Lipinski definition) is 1. The van der Waals surface area contributed by atoms with Crippen molar-refractivity contribution in [3.05, 3.63) is 23.3 Å². The molecule has 32 heavy (non-hydrogen) atoms. The van der Waals surface area contributed by atoms with Crippen LogP contribution in [-0.2, 0) is 14.3 Å². The number of nitrogens with zero attached hydrogens (tertiary/aromatic N) is 1. The molecule has 0 aromatic rings. The fourth-order valence-corrected chi connectivity index (χ4v) is 7.44. The molecular weight excluding hydrogens is 404 g/mol. The molecule has 0 aromatic carbocycles. The third kappa shape index (κ3) is 3.90. The highest BCUT2D eigenvalue weighted by atomic mass is 16.6. The molecule has 6 heteroatoms. The van der Waals surface area contributed by atoms with Crippen molar-refractivity contribution in [2.75, 3.05) is 6.61 Å². The lowest BCUT2D eigenvalue weighted by Gasteiger charge is -2.57. The number of carbonyl (C=O) groups excluding carboxylic acids is 2. The Hall–Kier alpha value is -2.11. The average Bonchev–Trinajstić information content (AvgIpc) is 3.09. The van der Waals surface area contributed by atoms with Gasteiger partial charge >= 0.3 is 12.1 Å². The van der Waals surface area contributed by atoms with Crippen molar-refractivity contribution in [2.45, 2.75) is 85.7 Å². The summed E-state index contributed by atoms with van der Waals surface area (Å²) in [5.74, 6) is 1.78. The topological polar surface area (TPSA) is 77.0 Å². The first-order chi connectivity index (χ1) is 15.2. The fourth-order valence-electron chi connectivity index (χ4n) is 7.44. The molecule has 0 bridgehead atoms. The van der Waals surface area contributed by atoms with E-state index in [0.29, 0.717) is 24.4 Å². The van der Waals surface area contributed by atoms with Crippen LogP contribution in [0.4, 0.5) is 4.79 Å². The number of ether oxygens (including phenoxy) is 2. The molecule has 0 heterocycles. The van der Waals surface area contributed by atoms with Gasteiger partial charge in [0.15, 0.2) is 0 Å². The maximum atomic E-state index is 11.7. The molecule has 2 fully saturated rings. The summed E-state index contributed by atoms with van der Waals surface area (Å²) in [5, 5.41) is 4.35. The highest BCUT2D eigenvalue weighted by molar-refractivity contribution is 6.00. The lowest BCUT2D eigenvalue weighted by Crippen LogP contribution is -2.50. The minimum Gasteiger partial charge on any atom is -0.462 e. The third-order valence-electron chi connectivity index (χ3n) is 8.95. The molecule has 1 N–H and O–H groups in total. The van der Waals surface area contributed by atoms with E-state index in [1.807, 2.05) is 6.92 Å². The van der Waals surface area contributed by atoms with Crippen LogP contribution in [0.25, 0.3) is 0 Å². The molecule has 6 atom stereocenters. The number of rotatable bonds is 4. The van der Waals surface area contributed by atoms with E-state index in [1.165, 1.54) is 24.5 Å². The van der Waals surface area contributed by atoms with Crippen LogP contribution in [0, 0.1) is 28.6 Å². The van der Waals surface area contributed by atoms with Crippen LogP contribution in [0.15, 0.2) is 28.4 Å². The normalized spacial score (nSPS) is 38.5. The van der Waals surface area contributed by atoms with E-state index < -0.39 is 6.09 Å². The van der Waals surface area contributed by atoms with Gasteiger partial charge in [0, 0.05) is 13.3 Å². The molecule has 0 saturated heterocycles. The molecule has 4 aliphatic rings. The Morgan fingerprint density at radius 2 is 1.84 bits per heavy atom. The summed E-state index contributed by atoms with van der Waals surface area (Å²) in [7, 11) is 0. The Morgan fingerprint density at radius 1 is 1.09 bits per heavy atom. The summed E-state index contributed by atoms with van der Waals surface area (Å²) >= 11 is 0. The molecule has 1 amide bonds. The van der Waals surface area contributed by atoms with Crippen LogP contribution >= 0.6 is 0 Å². The number of hydrogen-bond acceptors (Lipinski definition) is 5. The monoisotopic (exact) mass is 442 g/mol. The van der Waals surface area contributed by atoms with Gasteiger partial charge in [0.05, 0.1) is 12.3 Å². The second kappa shape index (κ2) is 8.68. The summed E-state index contributed by atoms with van der Waals surface area (Å²) in [6.07, 6.45) is 11.9. The van der Waals surface area contributed by atoms with Crippen molar-refractivity contribution < 1.29 is 19.1 Å². The molecular formula is C26H38N2O4. The number of esters is 1. The van der Waals surface area contributed by atoms with Gasteiger partial charge in [0.2, 0.25) is 0 Å². The van der Waals surface area contributed by atoms with Crippen molar-refractivity contribution >= 4 is 17.8 Å². The van der Waals surface area contributed by atoms with Crippen LogP contribution in [0.1, 0.15) is 79.6 Å². The third-order valence-corrected chi connectivity index (χ3v) is 8.95. The second-order valence-electron chi connectivity index (χ2n) is 10.6.